The molecule has 3 heterocycles. The molecule has 0 aliphatic carbocycles. The maximum Gasteiger partial charge on any atom is 0.223 e. The number of aromatic nitrogens is 2. The molecule has 5 nitrogen and oxygen atoms in total. The zero-order chi connectivity index (χ0) is 17.8. The predicted molar refractivity (Wildman–Crippen MR) is 101 cm³/mol. The molecule has 0 radical (unpaired) electrons. The Kier molecular flexibility index (Phi) is 5.25. The first-order chi connectivity index (χ1) is 12.8. The summed E-state index contributed by atoms with van der Waals surface area (Å²) in [7, 11) is 0. The molecule has 26 heavy (non-hydrogen) atoms. The molecule has 1 saturated heterocycles. The average molecular weight is 350 g/mol. The van der Waals surface area contributed by atoms with Crippen LogP contribution in [0.4, 0.5) is 0 Å². The van der Waals surface area contributed by atoms with Gasteiger partial charge >= 0.3 is 0 Å². The van der Waals surface area contributed by atoms with Crippen LogP contribution in [0.1, 0.15) is 47.8 Å². The van der Waals surface area contributed by atoms with E-state index in [0.717, 1.165) is 56.0 Å². The van der Waals surface area contributed by atoms with E-state index in [0.29, 0.717) is 18.9 Å². The highest BCUT2D eigenvalue weighted by molar-refractivity contribution is 5.76. The van der Waals surface area contributed by atoms with Crippen molar-refractivity contribution in [3.63, 3.8) is 0 Å². The fourth-order valence-electron chi connectivity index (χ4n) is 3.87. The van der Waals surface area contributed by atoms with Gasteiger partial charge in [0.25, 0.3) is 0 Å². The van der Waals surface area contributed by atoms with Crippen molar-refractivity contribution in [3.8, 4) is 0 Å². The second-order valence-corrected chi connectivity index (χ2v) is 7.29. The average Bonchev–Trinajstić information content (AvgIpc) is 2.72. The van der Waals surface area contributed by atoms with Crippen molar-refractivity contribution in [2.45, 2.75) is 44.6 Å². The highest BCUT2D eigenvalue weighted by atomic mass is 16.2. The van der Waals surface area contributed by atoms with Crippen molar-refractivity contribution >= 4 is 5.91 Å². The predicted octanol–water partition coefficient (Wildman–Crippen LogP) is 2.46. The molecule has 1 N–H and O–H groups in total. The van der Waals surface area contributed by atoms with Crippen LogP contribution in [-0.4, -0.2) is 40.4 Å². The van der Waals surface area contributed by atoms with Crippen LogP contribution < -0.4 is 5.32 Å². The van der Waals surface area contributed by atoms with E-state index in [-0.39, 0.29) is 5.91 Å². The molecule has 1 aromatic heterocycles. The first-order valence-electron chi connectivity index (χ1n) is 9.67. The van der Waals surface area contributed by atoms with Crippen LogP contribution in [0.25, 0.3) is 0 Å². The number of fused-ring (bicyclic) bond motifs is 1. The SMILES string of the molecule is O=C(CCc1ccccc1)N1CCc2nc([C@H]3CCCNC3)ncc2C1. The van der Waals surface area contributed by atoms with Crippen LogP contribution in [0, 0.1) is 0 Å². The highest BCUT2D eigenvalue weighted by Gasteiger charge is 2.24. The Morgan fingerprint density at radius 1 is 1.27 bits per heavy atom. The number of amides is 1. The minimum atomic E-state index is 0.222. The van der Waals surface area contributed by atoms with Gasteiger partial charge in [-0.2, -0.15) is 0 Å². The summed E-state index contributed by atoms with van der Waals surface area (Å²) in [5.41, 5.74) is 3.46. The summed E-state index contributed by atoms with van der Waals surface area (Å²) in [5.74, 6) is 1.62. The molecule has 2 aromatic rings. The second-order valence-electron chi connectivity index (χ2n) is 7.29. The molecular formula is C21H26N4O. The maximum absolute atomic E-state index is 12.6. The van der Waals surface area contributed by atoms with E-state index in [2.05, 4.69) is 22.4 Å². The van der Waals surface area contributed by atoms with E-state index in [1.165, 1.54) is 12.0 Å². The summed E-state index contributed by atoms with van der Waals surface area (Å²) in [4.78, 5) is 24.0. The first kappa shape index (κ1) is 17.2. The van der Waals surface area contributed by atoms with Crippen LogP contribution >= 0.6 is 0 Å². The van der Waals surface area contributed by atoms with Crippen molar-refractivity contribution < 1.29 is 4.79 Å². The van der Waals surface area contributed by atoms with Gasteiger partial charge in [0.05, 0.1) is 5.69 Å². The summed E-state index contributed by atoms with van der Waals surface area (Å²) in [6, 6.07) is 10.2. The zero-order valence-electron chi connectivity index (χ0n) is 15.2. The third-order valence-electron chi connectivity index (χ3n) is 5.44. The van der Waals surface area contributed by atoms with Crippen LogP contribution in [0.3, 0.4) is 0 Å². The molecular weight excluding hydrogens is 324 g/mol. The summed E-state index contributed by atoms with van der Waals surface area (Å²) in [6.45, 7) is 3.48. The smallest absolute Gasteiger partial charge is 0.223 e. The highest BCUT2D eigenvalue weighted by Crippen LogP contribution is 2.23. The lowest BCUT2D eigenvalue weighted by Gasteiger charge is -2.29. The van der Waals surface area contributed by atoms with E-state index in [1.807, 2.05) is 29.3 Å². The van der Waals surface area contributed by atoms with E-state index >= 15 is 0 Å². The molecule has 5 heteroatoms. The Hall–Kier alpha value is -2.27. The molecule has 1 fully saturated rings. The van der Waals surface area contributed by atoms with Crippen LogP contribution in [0.15, 0.2) is 36.5 Å². The number of aryl methyl sites for hydroxylation is 1. The van der Waals surface area contributed by atoms with Crippen molar-refractivity contribution in [1.29, 1.82) is 0 Å². The third-order valence-corrected chi connectivity index (χ3v) is 5.44. The van der Waals surface area contributed by atoms with Gasteiger partial charge in [-0.3, -0.25) is 4.79 Å². The van der Waals surface area contributed by atoms with Crippen LogP contribution in [-0.2, 0) is 24.2 Å². The molecule has 0 spiro atoms. The fourth-order valence-corrected chi connectivity index (χ4v) is 3.87. The number of carbonyl (C=O) groups excluding carboxylic acids is 1. The number of nitrogens with zero attached hydrogens (tertiary/aromatic N) is 3. The monoisotopic (exact) mass is 350 g/mol. The number of carbonyl (C=O) groups is 1. The van der Waals surface area contributed by atoms with Gasteiger partial charge < -0.3 is 10.2 Å². The Morgan fingerprint density at radius 2 is 2.15 bits per heavy atom. The largest absolute Gasteiger partial charge is 0.338 e. The molecule has 1 atom stereocenters. The molecule has 2 aliphatic heterocycles. The Morgan fingerprint density at radius 3 is 2.96 bits per heavy atom. The maximum atomic E-state index is 12.6. The molecule has 1 amide bonds. The molecule has 2 aliphatic rings. The molecule has 1 aromatic carbocycles. The number of nitrogens with one attached hydrogen (secondary N) is 1. The lowest BCUT2D eigenvalue weighted by atomic mass is 9.98. The number of rotatable bonds is 4. The topological polar surface area (TPSA) is 58.1 Å². The van der Waals surface area contributed by atoms with Crippen LogP contribution in [0.2, 0.25) is 0 Å². The van der Waals surface area contributed by atoms with E-state index in [9.17, 15) is 4.79 Å². The number of hydrogen-bond donors (Lipinski definition) is 1. The normalized spacial score (nSPS) is 19.8. The first-order valence-corrected chi connectivity index (χ1v) is 9.67. The molecule has 0 bridgehead atoms. The van der Waals surface area contributed by atoms with E-state index in [4.69, 9.17) is 4.98 Å². The summed E-state index contributed by atoms with van der Waals surface area (Å²) < 4.78 is 0. The number of benzene rings is 1. The van der Waals surface area contributed by atoms with Crippen molar-refractivity contribution in [1.82, 2.24) is 20.2 Å². The lowest BCUT2D eigenvalue weighted by molar-refractivity contribution is -0.132. The standard InChI is InChI=1S/C21H26N4O/c26-20(9-8-16-5-2-1-3-6-16)25-12-10-19-18(15-25)14-23-21(24-19)17-7-4-11-22-13-17/h1-3,5-6,14,17,22H,4,7-13,15H2/t17-/m0/s1. The quantitative estimate of drug-likeness (QED) is 0.920. The summed E-state index contributed by atoms with van der Waals surface area (Å²) in [6.07, 6.45) is 6.49. The third kappa shape index (κ3) is 3.93. The minimum Gasteiger partial charge on any atom is -0.338 e. The van der Waals surface area contributed by atoms with Crippen LogP contribution in [0.5, 0.6) is 0 Å². The van der Waals surface area contributed by atoms with Gasteiger partial charge in [-0.15, -0.1) is 0 Å². The molecule has 0 saturated carbocycles. The fraction of sp³-hybridized carbons (Fsp3) is 0.476. The summed E-state index contributed by atoms with van der Waals surface area (Å²) in [5, 5.41) is 3.43. The number of piperidine rings is 1. The van der Waals surface area contributed by atoms with Crippen molar-refractivity contribution in [2.24, 2.45) is 0 Å². The molecule has 136 valence electrons. The van der Waals surface area contributed by atoms with E-state index in [1.54, 1.807) is 0 Å². The van der Waals surface area contributed by atoms with E-state index < -0.39 is 0 Å². The Labute approximate surface area is 154 Å². The van der Waals surface area contributed by atoms with Gasteiger partial charge in [-0.05, 0) is 31.4 Å². The van der Waals surface area contributed by atoms with Gasteiger partial charge in [-0.1, -0.05) is 30.3 Å². The minimum absolute atomic E-state index is 0.222. The zero-order valence-corrected chi connectivity index (χ0v) is 15.2. The van der Waals surface area contributed by atoms with Gasteiger partial charge in [0.15, 0.2) is 0 Å². The Balaban J connectivity index is 1.37. The second kappa shape index (κ2) is 7.96. The molecule has 4 rings (SSSR count). The van der Waals surface area contributed by atoms with Gasteiger partial charge in [0.1, 0.15) is 5.82 Å². The molecule has 0 unspecified atom stereocenters. The lowest BCUT2D eigenvalue weighted by Crippen LogP contribution is -2.37. The van der Waals surface area contributed by atoms with Gasteiger partial charge in [-0.25, -0.2) is 9.97 Å². The number of hydrogen-bond acceptors (Lipinski definition) is 4. The van der Waals surface area contributed by atoms with Gasteiger partial charge in [0, 0.05) is 50.2 Å². The van der Waals surface area contributed by atoms with Crippen molar-refractivity contribution in [2.75, 3.05) is 19.6 Å². The van der Waals surface area contributed by atoms with Gasteiger partial charge in [0.2, 0.25) is 5.91 Å². The van der Waals surface area contributed by atoms with Crippen molar-refractivity contribution in [3.05, 3.63) is 59.2 Å². The Bertz CT molecular complexity index is 756. The summed E-state index contributed by atoms with van der Waals surface area (Å²) >= 11 is 0.